The van der Waals surface area contributed by atoms with E-state index in [0.717, 1.165) is 17.0 Å². The molecule has 1 unspecified atom stereocenters. The summed E-state index contributed by atoms with van der Waals surface area (Å²) in [6, 6.07) is 4.81. The summed E-state index contributed by atoms with van der Waals surface area (Å²) >= 11 is 0. The van der Waals surface area contributed by atoms with Crippen molar-refractivity contribution < 1.29 is 22.8 Å². The van der Waals surface area contributed by atoms with Crippen molar-refractivity contribution in [2.45, 2.75) is 52.4 Å². The summed E-state index contributed by atoms with van der Waals surface area (Å²) < 4.78 is 39.7. The van der Waals surface area contributed by atoms with Crippen LogP contribution in [0.1, 0.15) is 45.2 Å². The van der Waals surface area contributed by atoms with E-state index in [-0.39, 0.29) is 23.6 Å². The van der Waals surface area contributed by atoms with Gasteiger partial charge < -0.3 is 5.32 Å². The molecule has 0 saturated carbocycles. The molecule has 1 heterocycles. The number of halogens is 3. The molecule has 0 aromatic heterocycles. The highest BCUT2D eigenvalue weighted by molar-refractivity contribution is 6.25. The van der Waals surface area contributed by atoms with Gasteiger partial charge in [0.05, 0.1) is 17.7 Å². The number of benzene rings is 1. The van der Waals surface area contributed by atoms with E-state index in [1.165, 1.54) is 18.2 Å². The van der Waals surface area contributed by atoms with Crippen molar-refractivity contribution >= 4 is 17.5 Å². The summed E-state index contributed by atoms with van der Waals surface area (Å²) in [5, 5.41) is 11.8. The summed E-state index contributed by atoms with van der Waals surface area (Å²) in [5.74, 6) is -0.706. The number of urea groups is 1. The average Bonchev–Trinajstić information content (AvgIpc) is 2.72. The van der Waals surface area contributed by atoms with Gasteiger partial charge in [-0.25, -0.2) is 4.79 Å². The molecule has 0 spiro atoms. The Labute approximate surface area is 191 Å². The summed E-state index contributed by atoms with van der Waals surface area (Å²) in [6.45, 7) is 10.8. The molecule has 8 heteroatoms. The van der Waals surface area contributed by atoms with Gasteiger partial charge in [-0.15, -0.1) is 0 Å². The number of carbonyl (C=O) groups excluding carboxylic acids is 2. The molecular formula is C25H26F3N3O2. The van der Waals surface area contributed by atoms with Crippen LogP contribution in [0.3, 0.4) is 0 Å². The molecule has 1 aliphatic rings. The van der Waals surface area contributed by atoms with E-state index in [4.69, 9.17) is 5.26 Å². The first-order valence-corrected chi connectivity index (χ1v) is 10.3. The zero-order chi connectivity index (χ0) is 24.9. The fourth-order valence-corrected chi connectivity index (χ4v) is 3.50. The Hall–Kier alpha value is -3.60. The van der Waals surface area contributed by atoms with Crippen LogP contribution in [-0.4, -0.2) is 28.9 Å². The summed E-state index contributed by atoms with van der Waals surface area (Å²) in [6.07, 6.45) is 0.338. The monoisotopic (exact) mass is 457 g/mol. The Morgan fingerprint density at radius 2 is 2.00 bits per heavy atom. The quantitative estimate of drug-likeness (QED) is 0.450. The third-order valence-corrected chi connectivity index (χ3v) is 5.13. The molecule has 0 bridgehead atoms. The highest BCUT2D eigenvalue weighted by Gasteiger charge is 2.39. The fraction of sp³-hybridized carbons (Fsp3) is 0.320. The lowest BCUT2D eigenvalue weighted by atomic mass is 9.87. The smallest absolute Gasteiger partial charge is 0.335 e. The molecule has 5 nitrogen and oxygen atoms in total. The second-order valence-electron chi connectivity index (χ2n) is 8.00. The predicted octanol–water partition coefficient (Wildman–Crippen LogP) is 5.78. The second kappa shape index (κ2) is 10.3. The normalized spacial score (nSPS) is 17.5. The van der Waals surface area contributed by atoms with Gasteiger partial charge in [0, 0.05) is 17.2 Å². The minimum Gasteiger partial charge on any atom is -0.335 e. The Bertz CT molecular complexity index is 1090. The summed E-state index contributed by atoms with van der Waals surface area (Å²) in [7, 11) is 0. The third-order valence-electron chi connectivity index (χ3n) is 5.13. The van der Waals surface area contributed by atoms with Crippen LogP contribution in [0, 0.1) is 11.3 Å². The molecule has 174 valence electrons. The molecular weight excluding hydrogens is 431 g/mol. The molecule has 1 N–H and O–H groups in total. The lowest BCUT2D eigenvalue weighted by Gasteiger charge is -2.37. The Kier molecular flexibility index (Phi) is 8.04. The average molecular weight is 457 g/mol. The number of hydrogen-bond donors (Lipinski definition) is 1. The maximum Gasteiger partial charge on any atom is 0.416 e. The van der Waals surface area contributed by atoms with Crippen molar-refractivity contribution in [3.05, 3.63) is 76.9 Å². The highest BCUT2D eigenvalue weighted by Crippen LogP contribution is 2.36. The molecule has 0 fully saturated rings. The summed E-state index contributed by atoms with van der Waals surface area (Å²) in [5.41, 5.74) is 0.608. The SMILES string of the molecule is C=C(C=CC(C#N)=CC)C1CC(C)=C(c2cccc(C(F)(F)F)c2)C(=O)N1C(=O)NC(C)C. The number of alkyl halides is 3. The molecule has 1 aromatic rings. The van der Waals surface area contributed by atoms with E-state index in [2.05, 4.69) is 11.9 Å². The Balaban J connectivity index is 2.56. The Morgan fingerprint density at radius 3 is 2.55 bits per heavy atom. The molecule has 1 aliphatic heterocycles. The molecule has 0 radical (unpaired) electrons. The third kappa shape index (κ3) is 6.01. The molecule has 1 aromatic carbocycles. The van der Waals surface area contributed by atoms with Gasteiger partial charge in [0.15, 0.2) is 0 Å². The van der Waals surface area contributed by atoms with E-state index in [0.29, 0.717) is 16.7 Å². The van der Waals surface area contributed by atoms with Gasteiger partial charge in [-0.1, -0.05) is 36.4 Å². The van der Waals surface area contributed by atoms with Gasteiger partial charge >= 0.3 is 12.2 Å². The first kappa shape index (κ1) is 25.7. The maximum atomic E-state index is 13.5. The number of carbonyl (C=O) groups is 2. The molecule has 2 rings (SSSR count). The van der Waals surface area contributed by atoms with Gasteiger partial charge in [-0.05, 0) is 63.5 Å². The zero-order valence-corrected chi connectivity index (χ0v) is 19.0. The van der Waals surface area contributed by atoms with Crippen LogP contribution in [0.5, 0.6) is 0 Å². The van der Waals surface area contributed by atoms with Crippen LogP contribution in [0.25, 0.3) is 5.57 Å². The number of allylic oxidation sites excluding steroid dienone is 3. The number of rotatable bonds is 5. The van der Waals surface area contributed by atoms with Crippen LogP contribution < -0.4 is 5.32 Å². The van der Waals surface area contributed by atoms with Crippen LogP contribution >= 0.6 is 0 Å². The Morgan fingerprint density at radius 1 is 1.33 bits per heavy atom. The zero-order valence-electron chi connectivity index (χ0n) is 19.0. The molecule has 0 saturated heterocycles. The molecule has 0 aliphatic carbocycles. The van der Waals surface area contributed by atoms with Gasteiger partial charge in [0.1, 0.15) is 0 Å². The van der Waals surface area contributed by atoms with Crippen molar-refractivity contribution in [2.75, 3.05) is 0 Å². The van der Waals surface area contributed by atoms with E-state index in [1.54, 1.807) is 39.8 Å². The van der Waals surface area contributed by atoms with Crippen LogP contribution in [-0.2, 0) is 11.0 Å². The van der Waals surface area contributed by atoms with E-state index in [1.807, 2.05) is 6.07 Å². The van der Waals surface area contributed by atoms with Crippen LogP contribution in [0.2, 0.25) is 0 Å². The topological polar surface area (TPSA) is 73.2 Å². The van der Waals surface area contributed by atoms with Gasteiger partial charge in [-0.2, -0.15) is 18.4 Å². The second-order valence-corrected chi connectivity index (χ2v) is 8.00. The number of nitrogens with one attached hydrogen (secondary N) is 1. The number of nitrogens with zero attached hydrogens (tertiary/aromatic N) is 2. The van der Waals surface area contributed by atoms with Crippen molar-refractivity contribution in [3.63, 3.8) is 0 Å². The summed E-state index contributed by atoms with van der Waals surface area (Å²) in [4.78, 5) is 27.4. The number of amides is 3. The van der Waals surface area contributed by atoms with Crippen molar-refractivity contribution in [1.29, 1.82) is 5.26 Å². The van der Waals surface area contributed by atoms with E-state index < -0.39 is 29.7 Å². The van der Waals surface area contributed by atoms with E-state index in [9.17, 15) is 22.8 Å². The first-order valence-electron chi connectivity index (χ1n) is 10.3. The van der Waals surface area contributed by atoms with Gasteiger partial charge in [-0.3, -0.25) is 9.69 Å². The number of nitriles is 1. The van der Waals surface area contributed by atoms with Crippen molar-refractivity contribution in [2.24, 2.45) is 0 Å². The standard InChI is InChI=1S/C25H26F3N3O2/c1-6-18(14-29)11-10-16(4)21-12-17(5)22(23(32)31(21)24(33)30-15(2)3)19-8-7-9-20(13-19)25(26,27)28/h6-11,13,15,21H,4,12H2,1-3,5H3,(H,30,33). The fourth-order valence-electron chi connectivity index (χ4n) is 3.50. The lowest BCUT2D eigenvalue weighted by Crippen LogP contribution is -2.53. The lowest BCUT2D eigenvalue weighted by molar-refractivity contribution is -0.137. The molecule has 3 amide bonds. The number of hydrogen-bond acceptors (Lipinski definition) is 3. The van der Waals surface area contributed by atoms with Crippen LogP contribution in [0.15, 0.2) is 65.8 Å². The highest BCUT2D eigenvalue weighted by atomic mass is 19.4. The van der Waals surface area contributed by atoms with Crippen LogP contribution in [0.4, 0.5) is 18.0 Å². The van der Waals surface area contributed by atoms with Gasteiger partial charge in [0.25, 0.3) is 5.91 Å². The molecule has 33 heavy (non-hydrogen) atoms. The molecule has 1 atom stereocenters. The first-order chi connectivity index (χ1) is 15.4. The van der Waals surface area contributed by atoms with Gasteiger partial charge in [0.2, 0.25) is 0 Å². The van der Waals surface area contributed by atoms with Crippen molar-refractivity contribution in [1.82, 2.24) is 10.2 Å². The number of imide groups is 1. The minimum atomic E-state index is -4.57. The largest absolute Gasteiger partial charge is 0.416 e. The predicted molar refractivity (Wildman–Crippen MR) is 121 cm³/mol. The minimum absolute atomic E-state index is 0.0548. The maximum absolute atomic E-state index is 13.5. The van der Waals surface area contributed by atoms with E-state index >= 15 is 0 Å². The van der Waals surface area contributed by atoms with Crippen molar-refractivity contribution in [3.8, 4) is 6.07 Å².